The van der Waals surface area contributed by atoms with Crippen molar-refractivity contribution in [3.63, 3.8) is 0 Å². The van der Waals surface area contributed by atoms with E-state index in [2.05, 4.69) is 27.4 Å². The van der Waals surface area contributed by atoms with Crippen LogP contribution in [-0.4, -0.2) is 37.8 Å². The number of hydrogen-bond acceptors (Lipinski definition) is 6. The molecule has 0 aliphatic rings. The van der Waals surface area contributed by atoms with E-state index >= 15 is 0 Å². The third-order valence-corrected chi connectivity index (χ3v) is 2.55. The van der Waals surface area contributed by atoms with Gasteiger partial charge in [0.05, 0.1) is 36.8 Å². The lowest BCUT2D eigenvalue weighted by atomic mass is 10.1. The van der Waals surface area contributed by atoms with E-state index in [4.69, 9.17) is 0 Å². The summed E-state index contributed by atoms with van der Waals surface area (Å²) in [5.41, 5.74) is 0.531. The van der Waals surface area contributed by atoms with E-state index < -0.39 is 17.8 Å². The van der Waals surface area contributed by atoms with Crippen LogP contribution in [0.5, 0.6) is 0 Å². The average Bonchev–Trinajstić information content (AvgIpc) is 2.45. The molecule has 0 aliphatic heterocycles. The van der Waals surface area contributed by atoms with Crippen molar-refractivity contribution in [3.05, 3.63) is 29.3 Å². The van der Waals surface area contributed by atoms with Crippen LogP contribution in [0.15, 0.2) is 18.2 Å². The van der Waals surface area contributed by atoms with E-state index in [1.165, 1.54) is 32.4 Å². The highest BCUT2D eigenvalue weighted by atomic mass is 32.1. The minimum atomic E-state index is -0.620. The number of rotatable bonds is 4. The first-order chi connectivity index (χ1) is 9.03. The predicted molar refractivity (Wildman–Crippen MR) is 71.6 cm³/mol. The first kappa shape index (κ1) is 15.0. The number of esters is 2. The van der Waals surface area contributed by atoms with Crippen LogP contribution in [-0.2, 0) is 14.3 Å². The average molecular weight is 283 g/mol. The summed E-state index contributed by atoms with van der Waals surface area (Å²) in [4.78, 5) is 34.3. The second-order valence-corrected chi connectivity index (χ2v) is 3.77. The lowest BCUT2D eigenvalue weighted by Gasteiger charge is -2.10. The second-order valence-electron chi connectivity index (χ2n) is 3.45. The number of methoxy groups -OCH3 is 2. The van der Waals surface area contributed by atoms with Crippen molar-refractivity contribution in [1.29, 1.82) is 0 Å². The molecule has 1 amide bonds. The van der Waals surface area contributed by atoms with Gasteiger partial charge >= 0.3 is 11.9 Å². The maximum atomic E-state index is 11.5. The number of carbonyl (C=O) groups is 3. The fourth-order valence-electron chi connectivity index (χ4n) is 1.37. The van der Waals surface area contributed by atoms with Gasteiger partial charge in [-0.1, -0.05) is 0 Å². The van der Waals surface area contributed by atoms with Crippen LogP contribution in [0.3, 0.4) is 0 Å². The van der Waals surface area contributed by atoms with Crippen molar-refractivity contribution in [1.82, 2.24) is 0 Å². The molecule has 6 nitrogen and oxygen atoms in total. The number of ether oxygens (including phenoxy) is 2. The van der Waals surface area contributed by atoms with Gasteiger partial charge in [0, 0.05) is 0 Å². The van der Waals surface area contributed by atoms with Crippen LogP contribution in [0.4, 0.5) is 5.69 Å². The molecular weight excluding hydrogens is 270 g/mol. The molecule has 0 atom stereocenters. The Morgan fingerprint density at radius 2 is 1.79 bits per heavy atom. The number of benzene rings is 1. The van der Waals surface area contributed by atoms with Crippen molar-refractivity contribution in [2.45, 2.75) is 0 Å². The molecule has 102 valence electrons. The van der Waals surface area contributed by atoms with Gasteiger partial charge in [-0.05, 0) is 18.2 Å². The summed E-state index contributed by atoms with van der Waals surface area (Å²) in [6.07, 6.45) is 0. The highest BCUT2D eigenvalue weighted by molar-refractivity contribution is 7.81. The number of carbonyl (C=O) groups excluding carboxylic acids is 3. The molecule has 0 bridgehead atoms. The van der Waals surface area contributed by atoms with Gasteiger partial charge in [-0.3, -0.25) is 4.79 Å². The van der Waals surface area contributed by atoms with E-state index in [0.717, 1.165) is 0 Å². The third-order valence-electron chi connectivity index (χ3n) is 2.26. The molecule has 0 saturated carbocycles. The molecule has 0 saturated heterocycles. The summed E-state index contributed by atoms with van der Waals surface area (Å²) in [6.45, 7) is 0. The van der Waals surface area contributed by atoms with Gasteiger partial charge < -0.3 is 14.8 Å². The molecule has 1 aromatic carbocycles. The van der Waals surface area contributed by atoms with Gasteiger partial charge in [0.2, 0.25) is 5.91 Å². The van der Waals surface area contributed by atoms with E-state index in [-0.39, 0.29) is 22.6 Å². The maximum absolute atomic E-state index is 11.5. The molecule has 0 aliphatic carbocycles. The molecule has 0 heterocycles. The minimum Gasteiger partial charge on any atom is -0.465 e. The van der Waals surface area contributed by atoms with Crippen LogP contribution < -0.4 is 5.32 Å². The van der Waals surface area contributed by atoms with E-state index in [0.29, 0.717) is 0 Å². The molecule has 0 spiro atoms. The topological polar surface area (TPSA) is 81.7 Å². The number of amides is 1. The standard InChI is InChI=1S/C12H13NO5S/c1-17-11(15)7-3-4-8(12(16)18-2)9(5-7)13-10(14)6-19/h3-5,19H,6H2,1-2H3,(H,13,14). The highest BCUT2D eigenvalue weighted by Crippen LogP contribution is 2.19. The van der Waals surface area contributed by atoms with Crippen molar-refractivity contribution >= 4 is 36.2 Å². The minimum absolute atomic E-state index is 0.0525. The Kier molecular flexibility index (Phi) is 5.37. The lowest BCUT2D eigenvalue weighted by Crippen LogP contribution is -2.17. The molecular formula is C12H13NO5S. The zero-order valence-corrected chi connectivity index (χ0v) is 11.3. The monoisotopic (exact) mass is 283 g/mol. The Morgan fingerprint density at radius 3 is 2.32 bits per heavy atom. The summed E-state index contributed by atoms with van der Waals surface area (Å²) in [5.74, 6) is -1.65. The van der Waals surface area contributed by atoms with E-state index in [1.807, 2.05) is 0 Å². The van der Waals surface area contributed by atoms with Crippen LogP contribution in [0.25, 0.3) is 0 Å². The number of nitrogens with one attached hydrogen (secondary N) is 1. The second kappa shape index (κ2) is 6.79. The lowest BCUT2D eigenvalue weighted by molar-refractivity contribution is -0.113. The van der Waals surface area contributed by atoms with Gasteiger partial charge in [0.1, 0.15) is 0 Å². The van der Waals surface area contributed by atoms with E-state index in [9.17, 15) is 14.4 Å². The summed E-state index contributed by atoms with van der Waals surface area (Å²) < 4.78 is 9.16. The predicted octanol–water partition coefficient (Wildman–Crippen LogP) is 1.13. The summed E-state index contributed by atoms with van der Waals surface area (Å²) in [6, 6.07) is 4.14. The molecule has 0 fully saturated rings. The Morgan fingerprint density at radius 1 is 1.16 bits per heavy atom. The highest BCUT2D eigenvalue weighted by Gasteiger charge is 2.16. The van der Waals surface area contributed by atoms with E-state index in [1.54, 1.807) is 0 Å². The SMILES string of the molecule is COC(=O)c1ccc(C(=O)OC)c(NC(=O)CS)c1. The van der Waals surface area contributed by atoms with Gasteiger partial charge in [0.15, 0.2) is 0 Å². The van der Waals surface area contributed by atoms with Crippen molar-refractivity contribution in [3.8, 4) is 0 Å². The number of anilines is 1. The Hall–Kier alpha value is -2.02. The molecule has 19 heavy (non-hydrogen) atoms. The quantitative estimate of drug-likeness (QED) is 0.639. The van der Waals surface area contributed by atoms with Crippen LogP contribution in [0, 0.1) is 0 Å². The summed E-state index contributed by atoms with van der Waals surface area (Å²) in [7, 11) is 2.46. The fourth-order valence-corrected chi connectivity index (χ4v) is 1.45. The summed E-state index contributed by atoms with van der Waals surface area (Å²) >= 11 is 3.82. The first-order valence-electron chi connectivity index (χ1n) is 5.24. The van der Waals surface area contributed by atoms with Gasteiger partial charge in [-0.25, -0.2) is 9.59 Å². The smallest absolute Gasteiger partial charge is 0.339 e. The van der Waals surface area contributed by atoms with Gasteiger partial charge in [-0.15, -0.1) is 0 Å². The largest absolute Gasteiger partial charge is 0.465 e. The Bertz CT molecular complexity index is 515. The molecule has 0 radical (unpaired) electrons. The maximum Gasteiger partial charge on any atom is 0.339 e. The van der Waals surface area contributed by atoms with Crippen LogP contribution >= 0.6 is 12.6 Å². The molecule has 7 heteroatoms. The Balaban J connectivity index is 3.21. The van der Waals surface area contributed by atoms with Gasteiger partial charge in [-0.2, -0.15) is 12.6 Å². The molecule has 0 aromatic heterocycles. The van der Waals surface area contributed by atoms with Crippen LogP contribution in [0.2, 0.25) is 0 Å². The van der Waals surface area contributed by atoms with Gasteiger partial charge in [0.25, 0.3) is 0 Å². The molecule has 1 rings (SSSR count). The summed E-state index contributed by atoms with van der Waals surface area (Å²) in [5, 5.41) is 2.47. The number of thiol groups is 1. The van der Waals surface area contributed by atoms with Crippen molar-refractivity contribution in [2.75, 3.05) is 25.3 Å². The third kappa shape index (κ3) is 3.72. The zero-order valence-electron chi connectivity index (χ0n) is 10.4. The molecule has 1 N–H and O–H groups in total. The van der Waals surface area contributed by atoms with Crippen molar-refractivity contribution < 1.29 is 23.9 Å². The normalized spacial score (nSPS) is 9.63. The van der Waals surface area contributed by atoms with Crippen LogP contribution in [0.1, 0.15) is 20.7 Å². The molecule has 1 aromatic rings. The zero-order chi connectivity index (χ0) is 14.4. The first-order valence-corrected chi connectivity index (χ1v) is 5.88. The fraction of sp³-hybridized carbons (Fsp3) is 0.250. The molecule has 0 unspecified atom stereocenters. The van der Waals surface area contributed by atoms with Crippen molar-refractivity contribution in [2.24, 2.45) is 0 Å². The Labute approximate surface area is 115 Å². The number of hydrogen-bond donors (Lipinski definition) is 2.